The minimum absolute atomic E-state index is 0.543. The first kappa shape index (κ1) is 32.5. The number of ether oxygens (including phenoxy) is 2. The molecule has 1 aliphatic carbocycles. The highest BCUT2D eigenvalue weighted by molar-refractivity contribution is 6.06. The summed E-state index contributed by atoms with van der Waals surface area (Å²) in [5.41, 5.74) is 13.9. The lowest BCUT2D eigenvalue weighted by Crippen LogP contribution is -2.28. The summed E-state index contributed by atoms with van der Waals surface area (Å²) in [4.78, 5) is 5.24. The van der Waals surface area contributed by atoms with Crippen molar-refractivity contribution in [3.63, 3.8) is 0 Å². The molecule has 58 heavy (non-hydrogen) atoms. The van der Waals surface area contributed by atoms with Gasteiger partial charge in [0.05, 0.1) is 16.8 Å². The maximum absolute atomic E-state index is 7.05. The molecule has 0 saturated carbocycles. The van der Waals surface area contributed by atoms with E-state index in [-0.39, 0.29) is 0 Å². The fourth-order valence-corrected chi connectivity index (χ4v) is 9.23. The van der Waals surface area contributed by atoms with Crippen LogP contribution in [0.5, 0.6) is 23.0 Å². The second-order valence-electron chi connectivity index (χ2n) is 15.0. The van der Waals surface area contributed by atoms with Crippen LogP contribution in [-0.2, 0) is 5.41 Å². The summed E-state index contributed by atoms with van der Waals surface area (Å²) in [6.07, 6.45) is 0. The van der Waals surface area contributed by atoms with Gasteiger partial charge in [-0.3, -0.25) is 0 Å². The van der Waals surface area contributed by atoms with Crippen LogP contribution in [0.15, 0.2) is 205 Å². The predicted octanol–water partition coefficient (Wildman–Crippen LogP) is 14.2. The van der Waals surface area contributed by atoms with Gasteiger partial charge in [0.1, 0.15) is 11.2 Å². The maximum Gasteiger partial charge on any atom is 0.178 e. The van der Waals surface area contributed by atoms with Crippen LogP contribution in [0.25, 0.3) is 66.7 Å². The summed E-state index contributed by atoms with van der Waals surface area (Å²) in [6.45, 7) is 0. The lowest BCUT2D eigenvalue weighted by atomic mass is 9.68. The van der Waals surface area contributed by atoms with Crippen molar-refractivity contribution < 1.29 is 13.9 Å². The first-order chi connectivity index (χ1) is 28.7. The van der Waals surface area contributed by atoms with E-state index in [0.717, 1.165) is 72.3 Å². The molecule has 2 aliphatic rings. The molecule has 4 heteroatoms. The molecule has 0 saturated heterocycles. The van der Waals surface area contributed by atoms with Gasteiger partial charge in [0, 0.05) is 27.5 Å². The van der Waals surface area contributed by atoms with Crippen LogP contribution in [-0.4, -0.2) is 4.98 Å². The molecule has 0 unspecified atom stereocenters. The zero-order valence-corrected chi connectivity index (χ0v) is 31.2. The summed E-state index contributed by atoms with van der Waals surface area (Å²) in [5, 5.41) is 2.21. The molecular formula is C54H33NO3. The molecule has 12 rings (SSSR count). The van der Waals surface area contributed by atoms with E-state index in [9.17, 15) is 0 Å². The Morgan fingerprint density at radius 3 is 1.81 bits per heavy atom. The number of nitrogens with zero attached hydrogens (tertiary/aromatic N) is 1. The molecule has 0 N–H and O–H groups in total. The molecular weight excluding hydrogens is 711 g/mol. The summed E-state index contributed by atoms with van der Waals surface area (Å²) >= 11 is 0. The average molecular weight is 744 g/mol. The molecule has 272 valence electrons. The number of rotatable bonds is 5. The molecule has 4 nitrogen and oxygen atoms in total. The fourth-order valence-electron chi connectivity index (χ4n) is 9.23. The Balaban J connectivity index is 1.00. The van der Waals surface area contributed by atoms with Crippen LogP contribution < -0.4 is 9.47 Å². The Bertz CT molecular complexity index is 3180. The fraction of sp³-hybridized carbons (Fsp3) is 0.0185. The Labute approximate surface area is 335 Å². The second kappa shape index (κ2) is 12.7. The zero-order valence-electron chi connectivity index (χ0n) is 31.2. The van der Waals surface area contributed by atoms with Gasteiger partial charge in [0.25, 0.3) is 0 Å². The van der Waals surface area contributed by atoms with Crippen LogP contribution in [0.1, 0.15) is 22.3 Å². The highest BCUT2D eigenvalue weighted by Gasteiger charge is 2.48. The maximum atomic E-state index is 7.05. The number of aromatic nitrogens is 1. The number of fused-ring (bicyclic) bond motifs is 9. The number of hydrogen-bond donors (Lipinski definition) is 0. The van der Waals surface area contributed by atoms with Gasteiger partial charge in [-0.1, -0.05) is 146 Å². The Hall–Kier alpha value is -7.69. The number of pyridine rings is 1. The van der Waals surface area contributed by atoms with Gasteiger partial charge in [-0.05, 0) is 93.5 Å². The predicted molar refractivity (Wildman–Crippen MR) is 232 cm³/mol. The van der Waals surface area contributed by atoms with Crippen LogP contribution in [0.2, 0.25) is 0 Å². The van der Waals surface area contributed by atoms with Gasteiger partial charge in [0.2, 0.25) is 0 Å². The largest absolute Gasteiger partial charge is 0.456 e. The van der Waals surface area contributed by atoms with Gasteiger partial charge < -0.3 is 13.9 Å². The van der Waals surface area contributed by atoms with E-state index < -0.39 is 5.41 Å². The van der Waals surface area contributed by atoms with Crippen LogP contribution in [0.4, 0.5) is 0 Å². The van der Waals surface area contributed by atoms with E-state index >= 15 is 0 Å². The minimum Gasteiger partial charge on any atom is -0.456 e. The van der Waals surface area contributed by atoms with Gasteiger partial charge in [0.15, 0.2) is 23.0 Å². The first-order valence-electron chi connectivity index (χ1n) is 19.6. The summed E-state index contributed by atoms with van der Waals surface area (Å²) in [5.74, 6) is 2.71. The topological polar surface area (TPSA) is 44.5 Å². The molecule has 1 aliphatic heterocycles. The van der Waals surface area contributed by atoms with Crippen molar-refractivity contribution in [1.29, 1.82) is 0 Å². The molecule has 0 fully saturated rings. The van der Waals surface area contributed by atoms with Crippen LogP contribution >= 0.6 is 0 Å². The van der Waals surface area contributed by atoms with Crippen molar-refractivity contribution in [3.8, 4) is 67.8 Å². The third-order valence-corrected chi connectivity index (χ3v) is 11.8. The van der Waals surface area contributed by atoms with Gasteiger partial charge in [-0.25, -0.2) is 4.98 Å². The molecule has 2 aromatic heterocycles. The lowest BCUT2D eigenvalue weighted by molar-refractivity contribution is 0.360. The van der Waals surface area contributed by atoms with Crippen molar-refractivity contribution in [2.45, 2.75) is 5.41 Å². The van der Waals surface area contributed by atoms with E-state index in [1.807, 2.05) is 42.5 Å². The van der Waals surface area contributed by atoms with E-state index in [4.69, 9.17) is 18.9 Å². The van der Waals surface area contributed by atoms with E-state index in [1.54, 1.807) is 0 Å². The number of para-hydroxylation sites is 1. The Kier molecular flexibility index (Phi) is 7.11. The van der Waals surface area contributed by atoms with Crippen molar-refractivity contribution in [3.05, 3.63) is 222 Å². The minimum atomic E-state index is -0.543. The molecule has 0 radical (unpaired) electrons. The quantitative estimate of drug-likeness (QED) is 0.176. The van der Waals surface area contributed by atoms with Crippen molar-refractivity contribution >= 4 is 21.9 Å². The lowest BCUT2D eigenvalue weighted by Gasteiger charge is -2.34. The number of hydrogen-bond acceptors (Lipinski definition) is 4. The molecule has 3 heterocycles. The van der Waals surface area contributed by atoms with E-state index in [2.05, 4.69) is 158 Å². The highest BCUT2D eigenvalue weighted by Crippen LogP contribution is 2.62. The second-order valence-corrected chi connectivity index (χ2v) is 15.0. The third-order valence-electron chi connectivity index (χ3n) is 11.8. The molecule has 8 aromatic carbocycles. The molecule has 10 aromatic rings. The molecule has 0 bridgehead atoms. The van der Waals surface area contributed by atoms with Crippen molar-refractivity contribution in [1.82, 2.24) is 4.98 Å². The number of furan rings is 1. The average Bonchev–Trinajstić information content (AvgIpc) is 3.82. The standard InChI is InChI=1S/C54H33NO3/c1-4-14-34(15-5-1)45-30-37(35-24-26-41-40-20-11-13-23-47(40)56-50(41)32-35)31-46(55-45)36-25-28-48-51(33-36)58-53-49(57-48)29-27-44-52(53)42-21-10-12-22-43(42)54(44,38-16-6-2-7-17-38)39-18-8-3-9-19-39/h1-33H. The Morgan fingerprint density at radius 2 is 1.02 bits per heavy atom. The van der Waals surface area contributed by atoms with E-state index in [1.165, 1.54) is 16.7 Å². The van der Waals surface area contributed by atoms with Gasteiger partial charge in [-0.2, -0.15) is 0 Å². The zero-order chi connectivity index (χ0) is 38.2. The summed E-state index contributed by atoms with van der Waals surface area (Å²) < 4.78 is 20.0. The summed E-state index contributed by atoms with van der Waals surface area (Å²) in [6, 6.07) is 70.0. The normalized spacial score (nSPS) is 13.2. The smallest absolute Gasteiger partial charge is 0.178 e. The number of benzene rings is 8. The van der Waals surface area contributed by atoms with Crippen LogP contribution in [0, 0.1) is 0 Å². The monoisotopic (exact) mass is 743 g/mol. The van der Waals surface area contributed by atoms with Crippen molar-refractivity contribution in [2.24, 2.45) is 0 Å². The Morgan fingerprint density at radius 1 is 0.379 bits per heavy atom. The van der Waals surface area contributed by atoms with Gasteiger partial charge >= 0.3 is 0 Å². The van der Waals surface area contributed by atoms with Gasteiger partial charge in [-0.15, -0.1) is 0 Å². The van der Waals surface area contributed by atoms with E-state index in [0.29, 0.717) is 23.0 Å². The highest BCUT2D eigenvalue weighted by atomic mass is 16.6. The van der Waals surface area contributed by atoms with Crippen molar-refractivity contribution in [2.75, 3.05) is 0 Å². The SMILES string of the molecule is c1ccc(-c2cc(-c3ccc4c(c3)oc3ccccc34)cc(-c3ccc4c(c3)Oc3c(ccc5c3-c3ccccc3C5(c3ccccc3)c3ccccc3)O4)n2)cc1. The summed E-state index contributed by atoms with van der Waals surface area (Å²) in [7, 11) is 0. The molecule has 0 amide bonds. The molecule has 0 spiro atoms. The third kappa shape index (κ3) is 4.85. The van der Waals surface area contributed by atoms with Crippen LogP contribution in [0.3, 0.4) is 0 Å². The molecule has 0 atom stereocenters. The first-order valence-corrected chi connectivity index (χ1v) is 19.6.